The standard InChI is InChI=1S/C14H17BrO/c1-9(2)13-14(16-13)6-5-10-3-4-12(15)7-11(10)8-14/h3-4,7,9,13H,5-6,8H2,1-2H3. The van der Waals surface area contributed by atoms with Gasteiger partial charge in [-0.15, -0.1) is 0 Å². The molecule has 2 unspecified atom stereocenters. The van der Waals surface area contributed by atoms with E-state index in [-0.39, 0.29) is 5.60 Å². The quantitative estimate of drug-likeness (QED) is 0.714. The molecule has 0 radical (unpaired) electrons. The van der Waals surface area contributed by atoms with Gasteiger partial charge in [0.25, 0.3) is 0 Å². The fourth-order valence-electron chi connectivity index (χ4n) is 3.07. The molecule has 0 aromatic heterocycles. The maximum absolute atomic E-state index is 5.99. The Bertz CT molecular complexity index is 427. The van der Waals surface area contributed by atoms with Crippen molar-refractivity contribution in [2.75, 3.05) is 0 Å². The minimum Gasteiger partial charge on any atom is -0.365 e. The molecular formula is C14H17BrO. The normalized spacial score (nSPS) is 31.9. The summed E-state index contributed by atoms with van der Waals surface area (Å²) in [5.74, 6) is 0.647. The molecule has 16 heavy (non-hydrogen) atoms. The second kappa shape index (κ2) is 3.58. The molecule has 2 heteroatoms. The van der Waals surface area contributed by atoms with Gasteiger partial charge in [-0.1, -0.05) is 35.8 Å². The number of ether oxygens (including phenoxy) is 1. The molecule has 3 rings (SSSR count). The fraction of sp³-hybridized carbons (Fsp3) is 0.571. The van der Waals surface area contributed by atoms with Crippen molar-refractivity contribution in [3.8, 4) is 0 Å². The van der Waals surface area contributed by atoms with E-state index >= 15 is 0 Å². The Morgan fingerprint density at radius 2 is 2.19 bits per heavy atom. The van der Waals surface area contributed by atoms with E-state index in [4.69, 9.17) is 4.74 Å². The van der Waals surface area contributed by atoms with Crippen molar-refractivity contribution < 1.29 is 4.74 Å². The smallest absolute Gasteiger partial charge is 0.0994 e. The van der Waals surface area contributed by atoms with E-state index in [1.165, 1.54) is 28.4 Å². The number of benzene rings is 1. The molecule has 0 amide bonds. The number of hydrogen-bond acceptors (Lipinski definition) is 1. The van der Waals surface area contributed by atoms with Gasteiger partial charge in [0.15, 0.2) is 0 Å². The van der Waals surface area contributed by atoms with Gasteiger partial charge in [0.2, 0.25) is 0 Å². The molecule has 0 N–H and O–H groups in total. The summed E-state index contributed by atoms with van der Waals surface area (Å²) < 4.78 is 7.17. The topological polar surface area (TPSA) is 12.5 Å². The van der Waals surface area contributed by atoms with Gasteiger partial charge in [-0.05, 0) is 42.0 Å². The van der Waals surface area contributed by atoms with Crippen LogP contribution in [0, 0.1) is 5.92 Å². The molecule has 1 aromatic carbocycles. The van der Waals surface area contributed by atoms with Crippen LogP contribution in [0.4, 0.5) is 0 Å². The second-order valence-electron chi connectivity index (χ2n) is 5.44. The summed E-state index contributed by atoms with van der Waals surface area (Å²) in [7, 11) is 0. The summed E-state index contributed by atoms with van der Waals surface area (Å²) in [5, 5.41) is 0. The average molecular weight is 281 g/mol. The summed E-state index contributed by atoms with van der Waals surface area (Å²) >= 11 is 3.55. The molecule has 1 aliphatic carbocycles. The van der Waals surface area contributed by atoms with Crippen molar-refractivity contribution in [1.29, 1.82) is 0 Å². The van der Waals surface area contributed by atoms with E-state index in [2.05, 4.69) is 48.0 Å². The maximum Gasteiger partial charge on any atom is 0.0994 e. The lowest BCUT2D eigenvalue weighted by atomic mass is 9.80. The number of rotatable bonds is 1. The van der Waals surface area contributed by atoms with E-state index in [1.54, 1.807) is 0 Å². The van der Waals surface area contributed by atoms with E-state index in [0.717, 1.165) is 6.42 Å². The first-order chi connectivity index (χ1) is 7.61. The summed E-state index contributed by atoms with van der Waals surface area (Å²) in [4.78, 5) is 0. The first kappa shape index (κ1) is 10.8. The van der Waals surface area contributed by atoms with Gasteiger partial charge in [-0.25, -0.2) is 0 Å². The van der Waals surface area contributed by atoms with Crippen LogP contribution in [0.15, 0.2) is 22.7 Å². The lowest BCUT2D eigenvalue weighted by Gasteiger charge is -2.23. The molecule has 86 valence electrons. The molecule has 0 saturated carbocycles. The van der Waals surface area contributed by atoms with Gasteiger partial charge in [-0.3, -0.25) is 0 Å². The van der Waals surface area contributed by atoms with Crippen LogP contribution in [0.5, 0.6) is 0 Å². The molecule has 1 saturated heterocycles. The van der Waals surface area contributed by atoms with Crippen LogP contribution in [-0.2, 0) is 17.6 Å². The van der Waals surface area contributed by atoms with Gasteiger partial charge in [-0.2, -0.15) is 0 Å². The molecule has 1 spiro atoms. The van der Waals surface area contributed by atoms with Gasteiger partial charge in [0, 0.05) is 10.9 Å². The molecule has 1 heterocycles. The molecule has 1 aliphatic heterocycles. The Morgan fingerprint density at radius 1 is 1.38 bits per heavy atom. The van der Waals surface area contributed by atoms with E-state index in [1.807, 2.05) is 0 Å². The Balaban J connectivity index is 1.87. The minimum absolute atomic E-state index is 0.182. The van der Waals surface area contributed by atoms with E-state index in [0.29, 0.717) is 12.0 Å². The van der Waals surface area contributed by atoms with Crippen LogP contribution >= 0.6 is 15.9 Å². The Morgan fingerprint density at radius 3 is 2.88 bits per heavy atom. The minimum atomic E-state index is 0.182. The Hall–Kier alpha value is -0.340. The highest BCUT2D eigenvalue weighted by atomic mass is 79.9. The second-order valence-corrected chi connectivity index (χ2v) is 6.35. The fourth-order valence-corrected chi connectivity index (χ4v) is 3.47. The highest BCUT2D eigenvalue weighted by Gasteiger charge is 2.58. The van der Waals surface area contributed by atoms with Crippen molar-refractivity contribution in [3.63, 3.8) is 0 Å². The molecule has 2 atom stereocenters. The molecule has 1 fully saturated rings. The molecule has 2 aliphatic rings. The van der Waals surface area contributed by atoms with Crippen LogP contribution < -0.4 is 0 Å². The predicted molar refractivity (Wildman–Crippen MR) is 68.6 cm³/mol. The van der Waals surface area contributed by atoms with Crippen molar-refractivity contribution in [2.45, 2.75) is 44.8 Å². The first-order valence-electron chi connectivity index (χ1n) is 6.06. The zero-order chi connectivity index (χ0) is 11.3. The molecular weight excluding hydrogens is 264 g/mol. The molecule has 1 aromatic rings. The number of halogens is 1. The largest absolute Gasteiger partial charge is 0.365 e. The SMILES string of the molecule is CC(C)C1OC12CCc1ccc(Br)cc1C2. The Kier molecular flexibility index (Phi) is 2.41. The third kappa shape index (κ3) is 1.63. The van der Waals surface area contributed by atoms with Gasteiger partial charge < -0.3 is 4.74 Å². The lowest BCUT2D eigenvalue weighted by Crippen LogP contribution is -2.27. The van der Waals surface area contributed by atoms with Crippen LogP contribution in [0.2, 0.25) is 0 Å². The zero-order valence-electron chi connectivity index (χ0n) is 9.79. The van der Waals surface area contributed by atoms with Crippen molar-refractivity contribution >= 4 is 15.9 Å². The average Bonchev–Trinajstić information content (AvgIpc) is 2.92. The zero-order valence-corrected chi connectivity index (χ0v) is 11.4. The van der Waals surface area contributed by atoms with Gasteiger partial charge >= 0.3 is 0 Å². The van der Waals surface area contributed by atoms with Crippen LogP contribution in [0.3, 0.4) is 0 Å². The van der Waals surface area contributed by atoms with Crippen LogP contribution in [0.1, 0.15) is 31.4 Å². The van der Waals surface area contributed by atoms with Gasteiger partial charge in [0.1, 0.15) is 0 Å². The summed E-state index contributed by atoms with van der Waals surface area (Å²) in [5.41, 5.74) is 3.16. The third-order valence-electron chi connectivity index (χ3n) is 3.90. The number of hydrogen-bond donors (Lipinski definition) is 0. The van der Waals surface area contributed by atoms with Crippen LogP contribution in [-0.4, -0.2) is 11.7 Å². The van der Waals surface area contributed by atoms with Gasteiger partial charge in [0.05, 0.1) is 11.7 Å². The van der Waals surface area contributed by atoms with E-state index < -0.39 is 0 Å². The summed E-state index contributed by atoms with van der Waals surface area (Å²) in [6.07, 6.45) is 3.96. The summed E-state index contributed by atoms with van der Waals surface area (Å²) in [6, 6.07) is 6.65. The third-order valence-corrected chi connectivity index (χ3v) is 4.40. The highest BCUT2D eigenvalue weighted by molar-refractivity contribution is 9.10. The lowest BCUT2D eigenvalue weighted by molar-refractivity contribution is 0.262. The number of aryl methyl sites for hydroxylation is 1. The maximum atomic E-state index is 5.99. The van der Waals surface area contributed by atoms with E-state index in [9.17, 15) is 0 Å². The van der Waals surface area contributed by atoms with Crippen molar-refractivity contribution in [2.24, 2.45) is 5.92 Å². The molecule has 1 nitrogen and oxygen atoms in total. The summed E-state index contributed by atoms with van der Waals surface area (Å²) in [6.45, 7) is 4.52. The van der Waals surface area contributed by atoms with Crippen molar-refractivity contribution in [1.82, 2.24) is 0 Å². The Labute approximate surface area is 105 Å². The first-order valence-corrected chi connectivity index (χ1v) is 6.85. The number of epoxide rings is 1. The van der Waals surface area contributed by atoms with Crippen molar-refractivity contribution in [3.05, 3.63) is 33.8 Å². The monoisotopic (exact) mass is 280 g/mol. The predicted octanol–water partition coefficient (Wildman–Crippen LogP) is 3.73. The van der Waals surface area contributed by atoms with Crippen LogP contribution in [0.25, 0.3) is 0 Å². The number of fused-ring (bicyclic) bond motifs is 1. The highest BCUT2D eigenvalue weighted by Crippen LogP contribution is 2.50. The molecule has 0 bridgehead atoms.